The molecule has 110 valence electrons. The van der Waals surface area contributed by atoms with Gasteiger partial charge in [0, 0.05) is 18.8 Å². The molecule has 0 aliphatic heterocycles. The maximum Gasteiger partial charge on any atom is 0.248 e. The van der Waals surface area contributed by atoms with Crippen LogP contribution in [0.2, 0.25) is 0 Å². The molecular weight excluding hydrogens is 256 g/mol. The summed E-state index contributed by atoms with van der Waals surface area (Å²) in [5.74, 6) is -3.41. The molecule has 4 N–H and O–H groups in total. The molecule has 0 radical (unpaired) electrons. The Labute approximate surface area is 111 Å². The largest absolute Gasteiger partial charge is 0.409 e. The zero-order valence-electron chi connectivity index (χ0n) is 11.0. The van der Waals surface area contributed by atoms with E-state index in [0.717, 1.165) is 6.42 Å². The monoisotopic (exact) mass is 277 g/mol. The van der Waals surface area contributed by atoms with E-state index in [4.69, 9.17) is 10.9 Å². The number of oxime groups is 1. The van der Waals surface area contributed by atoms with Gasteiger partial charge in [0.2, 0.25) is 11.8 Å². The lowest BCUT2D eigenvalue weighted by atomic mass is 9.86. The third-order valence-electron chi connectivity index (χ3n) is 3.45. The number of nitrogens with zero attached hydrogens (tertiary/aromatic N) is 1. The minimum atomic E-state index is -2.65. The molecule has 1 fully saturated rings. The molecule has 1 amide bonds. The molecule has 0 aromatic carbocycles. The van der Waals surface area contributed by atoms with Crippen LogP contribution in [0.4, 0.5) is 8.78 Å². The van der Waals surface area contributed by atoms with Crippen molar-refractivity contribution in [2.24, 2.45) is 16.8 Å². The Kier molecular flexibility index (Phi) is 5.50. The molecule has 0 saturated heterocycles. The van der Waals surface area contributed by atoms with Crippen LogP contribution < -0.4 is 11.1 Å². The summed E-state index contributed by atoms with van der Waals surface area (Å²) in [6, 6.07) is -0.537. The number of hydrogen-bond donors (Lipinski definition) is 3. The van der Waals surface area contributed by atoms with Gasteiger partial charge in [-0.15, -0.1) is 0 Å². The fourth-order valence-corrected chi connectivity index (χ4v) is 2.24. The predicted molar refractivity (Wildman–Crippen MR) is 67.2 cm³/mol. The molecular formula is C12H21F2N3O2. The van der Waals surface area contributed by atoms with E-state index in [1.165, 1.54) is 0 Å². The van der Waals surface area contributed by atoms with Crippen molar-refractivity contribution in [1.29, 1.82) is 0 Å². The molecule has 0 bridgehead atoms. The van der Waals surface area contributed by atoms with Crippen molar-refractivity contribution in [2.45, 2.75) is 57.4 Å². The van der Waals surface area contributed by atoms with Gasteiger partial charge >= 0.3 is 0 Å². The van der Waals surface area contributed by atoms with Crippen LogP contribution in [0.5, 0.6) is 0 Å². The maximum absolute atomic E-state index is 13.0. The highest BCUT2D eigenvalue weighted by molar-refractivity contribution is 5.90. The van der Waals surface area contributed by atoms with E-state index < -0.39 is 17.9 Å². The van der Waals surface area contributed by atoms with Crippen molar-refractivity contribution in [3.05, 3.63) is 0 Å². The highest BCUT2D eigenvalue weighted by atomic mass is 19.3. The Bertz CT molecular complexity index is 338. The quantitative estimate of drug-likeness (QED) is 0.310. The van der Waals surface area contributed by atoms with Crippen molar-refractivity contribution in [2.75, 3.05) is 0 Å². The molecule has 0 heterocycles. The number of nitrogens with one attached hydrogen (secondary N) is 1. The zero-order chi connectivity index (χ0) is 14.5. The van der Waals surface area contributed by atoms with E-state index in [2.05, 4.69) is 10.5 Å². The molecule has 0 spiro atoms. The number of amides is 1. The van der Waals surface area contributed by atoms with Gasteiger partial charge in [-0.2, -0.15) is 0 Å². The van der Waals surface area contributed by atoms with E-state index in [0.29, 0.717) is 6.42 Å². The van der Waals surface area contributed by atoms with E-state index in [-0.39, 0.29) is 37.4 Å². The summed E-state index contributed by atoms with van der Waals surface area (Å²) in [6.07, 6.45) is 1.14. The summed E-state index contributed by atoms with van der Waals surface area (Å²) in [7, 11) is 0. The molecule has 5 nitrogen and oxygen atoms in total. The lowest BCUT2D eigenvalue weighted by Gasteiger charge is -2.28. The molecule has 1 rings (SSSR count). The zero-order valence-corrected chi connectivity index (χ0v) is 11.0. The number of carbonyl (C=O) groups excluding carboxylic acids is 1. The van der Waals surface area contributed by atoms with E-state index >= 15 is 0 Å². The highest BCUT2D eigenvalue weighted by Gasteiger charge is 2.37. The van der Waals surface area contributed by atoms with E-state index in [1.54, 1.807) is 0 Å². The van der Waals surface area contributed by atoms with Crippen LogP contribution >= 0.6 is 0 Å². The van der Waals surface area contributed by atoms with E-state index in [9.17, 15) is 13.6 Å². The van der Waals surface area contributed by atoms with Gasteiger partial charge < -0.3 is 16.3 Å². The average Bonchev–Trinajstić information content (AvgIpc) is 2.37. The summed E-state index contributed by atoms with van der Waals surface area (Å²) in [5.41, 5.74) is 5.49. The first-order chi connectivity index (χ1) is 8.89. The molecule has 1 unspecified atom stereocenters. The summed E-state index contributed by atoms with van der Waals surface area (Å²) >= 11 is 0. The van der Waals surface area contributed by atoms with Crippen LogP contribution in [0, 0.1) is 5.92 Å². The summed E-state index contributed by atoms with van der Waals surface area (Å²) in [6.45, 7) is 1.91. The molecule has 1 atom stereocenters. The first-order valence-corrected chi connectivity index (χ1v) is 6.55. The Morgan fingerprint density at radius 2 is 2.11 bits per heavy atom. The Balaban J connectivity index is 2.53. The van der Waals surface area contributed by atoms with Crippen LogP contribution in [0.3, 0.4) is 0 Å². The number of nitrogens with two attached hydrogens (primary N) is 1. The molecule has 0 aromatic rings. The Hall–Kier alpha value is -1.40. The fourth-order valence-electron chi connectivity index (χ4n) is 2.24. The van der Waals surface area contributed by atoms with Gasteiger partial charge in [0.25, 0.3) is 0 Å². The molecule has 0 aromatic heterocycles. The van der Waals surface area contributed by atoms with Crippen molar-refractivity contribution in [1.82, 2.24) is 5.32 Å². The van der Waals surface area contributed by atoms with Crippen LogP contribution in [0.25, 0.3) is 0 Å². The van der Waals surface area contributed by atoms with Gasteiger partial charge in [0.05, 0.1) is 6.04 Å². The normalized spacial score (nSPS) is 21.9. The van der Waals surface area contributed by atoms with Gasteiger partial charge in [0.1, 0.15) is 0 Å². The van der Waals surface area contributed by atoms with Gasteiger partial charge in [-0.3, -0.25) is 4.79 Å². The van der Waals surface area contributed by atoms with Gasteiger partial charge in [-0.1, -0.05) is 18.5 Å². The van der Waals surface area contributed by atoms with Gasteiger partial charge in [0.15, 0.2) is 5.84 Å². The molecule has 7 heteroatoms. The van der Waals surface area contributed by atoms with Crippen molar-refractivity contribution >= 4 is 11.7 Å². The number of hydrogen-bond acceptors (Lipinski definition) is 3. The SMILES string of the molecule is CCCC(NC(=O)C1CCC(F)(F)CC1)C(N)=NO. The van der Waals surface area contributed by atoms with Crippen molar-refractivity contribution in [3.63, 3.8) is 0 Å². The second-order valence-corrected chi connectivity index (χ2v) is 5.00. The molecule has 1 aliphatic rings. The van der Waals surface area contributed by atoms with Crippen LogP contribution in [-0.4, -0.2) is 28.9 Å². The summed E-state index contributed by atoms with van der Waals surface area (Å²) in [4.78, 5) is 12.0. The second-order valence-electron chi connectivity index (χ2n) is 5.00. The first-order valence-electron chi connectivity index (χ1n) is 6.55. The van der Waals surface area contributed by atoms with Crippen LogP contribution in [0.1, 0.15) is 45.4 Å². The topological polar surface area (TPSA) is 87.7 Å². The smallest absolute Gasteiger partial charge is 0.248 e. The number of alkyl halides is 2. The predicted octanol–water partition coefficient (Wildman–Crippen LogP) is 1.84. The lowest BCUT2D eigenvalue weighted by molar-refractivity contribution is -0.129. The third-order valence-corrected chi connectivity index (χ3v) is 3.45. The fraction of sp³-hybridized carbons (Fsp3) is 0.833. The number of rotatable bonds is 5. The van der Waals surface area contributed by atoms with Gasteiger partial charge in [-0.05, 0) is 19.3 Å². The second kappa shape index (κ2) is 6.68. The standard InChI is InChI=1S/C12H21F2N3O2/c1-2-3-9(10(15)17-19)16-11(18)8-4-6-12(13,14)7-5-8/h8-9,19H,2-7H2,1H3,(H2,15,17)(H,16,18). The third kappa shape index (κ3) is 4.65. The number of amidine groups is 1. The van der Waals surface area contributed by atoms with E-state index in [1.807, 2.05) is 6.92 Å². The number of halogens is 2. The minimum absolute atomic E-state index is 0.0589. The maximum atomic E-state index is 13.0. The first kappa shape index (κ1) is 15.7. The molecule has 1 saturated carbocycles. The summed E-state index contributed by atoms with van der Waals surface area (Å²) in [5, 5.41) is 14.2. The Morgan fingerprint density at radius 1 is 1.53 bits per heavy atom. The average molecular weight is 277 g/mol. The highest BCUT2D eigenvalue weighted by Crippen LogP contribution is 2.36. The minimum Gasteiger partial charge on any atom is -0.409 e. The van der Waals surface area contributed by atoms with Gasteiger partial charge in [-0.25, -0.2) is 8.78 Å². The Morgan fingerprint density at radius 3 is 2.58 bits per heavy atom. The van der Waals surface area contributed by atoms with Crippen LogP contribution in [-0.2, 0) is 4.79 Å². The molecule has 1 aliphatic carbocycles. The lowest BCUT2D eigenvalue weighted by Crippen LogP contribution is -2.47. The number of carbonyl (C=O) groups is 1. The van der Waals surface area contributed by atoms with Crippen LogP contribution in [0.15, 0.2) is 5.16 Å². The molecule has 19 heavy (non-hydrogen) atoms. The van der Waals surface area contributed by atoms with Crippen molar-refractivity contribution in [3.8, 4) is 0 Å². The summed E-state index contributed by atoms with van der Waals surface area (Å²) < 4.78 is 26.0. The van der Waals surface area contributed by atoms with Crippen molar-refractivity contribution < 1.29 is 18.8 Å².